The molecule has 0 unspecified atom stereocenters. The van der Waals surface area contributed by atoms with Gasteiger partial charge in [-0.1, -0.05) is 18.7 Å². The Kier molecular flexibility index (Phi) is 4.81. The number of hydrogen-bond donors (Lipinski definition) is 0. The standard InChI is InChI=1S/C13H13NO3/c1-3-8-17-13(16)12(10(2)15)9-11-6-4-5-7-14-11/h3-7,9H,1,8H2,2H3. The van der Waals surface area contributed by atoms with Crippen molar-refractivity contribution in [2.75, 3.05) is 6.61 Å². The van der Waals surface area contributed by atoms with Gasteiger partial charge in [0.1, 0.15) is 12.2 Å². The predicted octanol–water partition coefficient (Wildman–Crippen LogP) is 1.78. The number of ketones is 1. The summed E-state index contributed by atoms with van der Waals surface area (Å²) in [5.74, 6) is -1.02. The molecule has 4 nitrogen and oxygen atoms in total. The first-order valence-corrected chi connectivity index (χ1v) is 5.07. The van der Waals surface area contributed by atoms with E-state index in [4.69, 9.17) is 4.74 Å². The smallest absolute Gasteiger partial charge is 0.342 e. The molecule has 88 valence electrons. The quantitative estimate of drug-likeness (QED) is 0.255. The molecule has 17 heavy (non-hydrogen) atoms. The van der Waals surface area contributed by atoms with Crippen LogP contribution in [-0.4, -0.2) is 23.3 Å². The minimum atomic E-state index is -0.664. The Bertz CT molecular complexity index is 449. The van der Waals surface area contributed by atoms with Crippen LogP contribution in [0.4, 0.5) is 0 Å². The molecule has 1 aromatic rings. The zero-order valence-electron chi connectivity index (χ0n) is 9.55. The van der Waals surface area contributed by atoms with Gasteiger partial charge in [-0.15, -0.1) is 0 Å². The fourth-order valence-corrected chi connectivity index (χ4v) is 1.13. The summed E-state index contributed by atoms with van der Waals surface area (Å²) < 4.78 is 4.81. The highest BCUT2D eigenvalue weighted by atomic mass is 16.5. The van der Waals surface area contributed by atoms with E-state index < -0.39 is 5.97 Å². The highest BCUT2D eigenvalue weighted by Crippen LogP contribution is 2.07. The van der Waals surface area contributed by atoms with Gasteiger partial charge in [0, 0.05) is 6.20 Å². The van der Waals surface area contributed by atoms with Gasteiger partial charge in [0.05, 0.1) is 5.69 Å². The van der Waals surface area contributed by atoms with Crippen LogP contribution in [0.1, 0.15) is 12.6 Å². The Morgan fingerprint density at radius 3 is 2.76 bits per heavy atom. The molecule has 0 aliphatic rings. The molecule has 0 radical (unpaired) electrons. The van der Waals surface area contributed by atoms with Crippen LogP contribution in [0.3, 0.4) is 0 Å². The molecule has 1 heterocycles. The lowest BCUT2D eigenvalue weighted by Gasteiger charge is -2.03. The molecular weight excluding hydrogens is 218 g/mol. The fraction of sp³-hybridized carbons (Fsp3) is 0.154. The first-order valence-electron chi connectivity index (χ1n) is 5.07. The van der Waals surface area contributed by atoms with Crippen LogP contribution in [0.25, 0.3) is 6.08 Å². The zero-order chi connectivity index (χ0) is 12.7. The van der Waals surface area contributed by atoms with E-state index in [2.05, 4.69) is 11.6 Å². The zero-order valence-corrected chi connectivity index (χ0v) is 9.55. The molecule has 4 heteroatoms. The third-order valence-electron chi connectivity index (χ3n) is 1.91. The van der Waals surface area contributed by atoms with Gasteiger partial charge >= 0.3 is 5.97 Å². The van der Waals surface area contributed by atoms with Crippen LogP contribution >= 0.6 is 0 Å². The molecule has 1 rings (SSSR count). The van der Waals surface area contributed by atoms with Crippen molar-refractivity contribution in [3.05, 3.63) is 48.3 Å². The number of hydrogen-bond acceptors (Lipinski definition) is 4. The van der Waals surface area contributed by atoms with E-state index in [-0.39, 0.29) is 18.0 Å². The number of esters is 1. The summed E-state index contributed by atoms with van der Waals surface area (Å²) in [6.07, 6.45) is 4.43. The lowest BCUT2D eigenvalue weighted by atomic mass is 10.1. The van der Waals surface area contributed by atoms with Crippen molar-refractivity contribution in [1.82, 2.24) is 4.98 Å². The molecule has 0 atom stereocenters. The monoisotopic (exact) mass is 231 g/mol. The molecule has 0 spiro atoms. The molecule has 0 bridgehead atoms. The van der Waals surface area contributed by atoms with E-state index in [1.165, 1.54) is 19.1 Å². The Hall–Kier alpha value is -2.23. The second kappa shape index (κ2) is 6.37. The first-order chi connectivity index (χ1) is 8.15. The molecule has 0 saturated carbocycles. The second-order valence-corrected chi connectivity index (χ2v) is 3.26. The number of ether oxygens (including phenoxy) is 1. The summed E-state index contributed by atoms with van der Waals surface area (Å²) in [6, 6.07) is 5.22. The maximum absolute atomic E-state index is 11.6. The van der Waals surface area contributed by atoms with Gasteiger partial charge < -0.3 is 4.74 Å². The third kappa shape index (κ3) is 4.03. The third-order valence-corrected chi connectivity index (χ3v) is 1.91. The van der Waals surface area contributed by atoms with E-state index in [0.29, 0.717) is 5.69 Å². The van der Waals surface area contributed by atoms with Crippen LogP contribution in [0, 0.1) is 0 Å². The topological polar surface area (TPSA) is 56.3 Å². The molecule has 1 aromatic heterocycles. The Morgan fingerprint density at radius 2 is 2.24 bits per heavy atom. The molecule has 0 aromatic carbocycles. The van der Waals surface area contributed by atoms with Crippen LogP contribution in [0.5, 0.6) is 0 Å². The van der Waals surface area contributed by atoms with Gasteiger partial charge in [-0.2, -0.15) is 0 Å². The van der Waals surface area contributed by atoms with Crippen molar-refractivity contribution < 1.29 is 14.3 Å². The summed E-state index contributed by atoms with van der Waals surface area (Å²) in [4.78, 5) is 26.9. The Balaban J connectivity index is 2.93. The van der Waals surface area contributed by atoms with Gasteiger partial charge in [-0.25, -0.2) is 4.79 Å². The van der Waals surface area contributed by atoms with Crippen molar-refractivity contribution in [3.8, 4) is 0 Å². The molecule has 0 fully saturated rings. The van der Waals surface area contributed by atoms with Crippen molar-refractivity contribution in [2.45, 2.75) is 6.92 Å². The highest BCUT2D eigenvalue weighted by Gasteiger charge is 2.15. The minimum Gasteiger partial charge on any atom is -0.458 e. The van der Waals surface area contributed by atoms with E-state index in [9.17, 15) is 9.59 Å². The average Bonchev–Trinajstić information content (AvgIpc) is 2.34. The van der Waals surface area contributed by atoms with Gasteiger partial charge in [-0.3, -0.25) is 9.78 Å². The lowest BCUT2D eigenvalue weighted by molar-refractivity contribution is -0.139. The summed E-state index contributed by atoms with van der Waals surface area (Å²) in [7, 11) is 0. The van der Waals surface area contributed by atoms with Crippen molar-refractivity contribution >= 4 is 17.8 Å². The maximum atomic E-state index is 11.6. The average molecular weight is 231 g/mol. The maximum Gasteiger partial charge on any atom is 0.342 e. The van der Waals surface area contributed by atoms with E-state index >= 15 is 0 Å². The lowest BCUT2D eigenvalue weighted by Crippen LogP contribution is -2.13. The van der Waals surface area contributed by atoms with Crippen molar-refractivity contribution in [3.63, 3.8) is 0 Å². The normalized spacial score (nSPS) is 10.8. The van der Waals surface area contributed by atoms with Crippen LogP contribution in [0.2, 0.25) is 0 Å². The fourth-order valence-electron chi connectivity index (χ4n) is 1.13. The number of nitrogens with zero attached hydrogens (tertiary/aromatic N) is 1. The van der Waals surface area contributed by atoms with Crippen LogP contribution < -0.4 is 0 Å². The molecule has 0 amide bonds. The minimum absolute atomic E-state index is 0.0226. The van der Waals surface area contributed by atoms with E-state index in [0.717, 1.165) is 0 Å². The second-order valence-electron chi connectivity index (χ2n) is 3.26. The van der Waals surface area contributed by atoms with E-state index in [1.807, 2.05) is 0 Å². The molecular formula is C13H13NO3. The Morgan fingerprint density at radius 1 is 1.47 bits per heavy atom. The SMILES string of the molecule is C=CCOC(=O)C(=Cc1ccccn1)C(C)=O. The first kappa shape index (κ1) is 12.8. The summed E-state index contributed by atoms with van der Waals surface area (Å²) in [6.45, 7) is 4.81. The van der Waals surface area contributed by atoms with Crippen LogP contribution in [-0.2, 0) is 14.3 Å². The van der Waals surface area contributed by atoms with Gasteiger partial charge in [0.15, 0.2) is 5.78 Å². The van der Waals surface area contributed by atoms with Gasteiger partial charge in [0.25, 0.3) is 0 Å². The molecule has 0 aliphatic carbocycles. The number of Topliss-reactive ketones (excluding diaryl/α,β-unsaturated/α-hetero) is 1. The number of carbonyl (C=O) groups is 2. The highest BCUT2D eigenvalue weighted by molar-refractivity contribution is 6.19. The van der Waals surface area contributed by atoms with Gasteiger partial charge in [-0.05, 0) is 25.1 Å². The Labute approximate surface area is 99.6 Å². The van der Waals surface area contributed by atoms with Crippen LogP contribution in [0.15, 0.2) is 42.6 Å². The largest absolute Gasteiger partial charge is 0.458 e. The van der Waals surface area contributed by atoms with E-state index in [1.54, 1.807) is 24.4 Å². The van der Waals surface area contributed by atoms with Crippen molar-refractivity contribution in [2.24, 2.45) is 0 Å². The van der Waals surface area contributed by atoms with Crippen molar-refractivity contribution in [1.29, 1.82) is 0 Å². The number of carbonyl (C=O) groups excluding carboxylic acids is 2. The summed E-state index contributed by atoms with van der Waals surface area (Å²) in [5, 5.41) is 0. The molecule has 0 N–H and O–H groups in total. The summed E-state index contributed by atoms with van der Waals surface area (Å²) in [5.41, 5.74) is 0.513. The predicted molar refractivity (Wildman–Crippen MR) is 64.1 cm³/mol. The number of pyridine rings is 1. The molecule has 0 aliphatic heterocycles. The van der Waals surface area contributed by atoms with Gasteiger partial charge in [0.2, 0.25) is 0 Å². The summed E-state index contributed by atoms with van der Waals surface area (Å²) >= 11 is 0. The molecule has 0 saturated heterocycles. The number of rotatable bonds is 5. The number of aromatic nitrogens is 1.